The van der Waals surface area contributed by atoms with Crippen LogP contribution >= 0.6 is 11.6 Å². The average Bonchev–Trinajstić information content (AvgIpc) is 2.60. The Balaban J connectivity index is 1.71. The molecule has 0 saturated heterocycles. The van der Waals surface area contributed by atoms with Crippen molar-refractivity contribution in [2.45, 2.75) is 0 Å². The summed E-state index contributed by atoms with van der Waals surface area (Å²) in [7, 11) is 3.86. The minimum absolute atomic E-state index is 0.285. The van der Waals surface area contributed by atoms with Gasteiger partial charge in [0.2, 0.25) is 0 Å². The smallest absolute Gasteiger partial charge is 0.344 e. The van der Waals surface area contributed by atoms with Gasteiger partial charge >= 0.3 is 5.97 Å². The number of anilines is 2. The number of rotatable bonds is 7. The highest BCUT2D eigenvalue weighted by Gasteiger charge is 2.09. The van der Waals surface area contributed by atoms with Crippen LogP contribution in [0.15, 0.2) is 48.5 Å². The van der Waals surface area contributed by atoms with Crippen molar-refractivity contribution >= 4 is 34.9 Å². The first kappa shape index (κ1) is 18.6. The Bertz CT molecular complexity index is 715. The van der Waals surface area contributed by atoms with E-state index in [4.69, 9.17) is 21.1 Å². The van der Waals surface area contributed by atoms with E-state index in [1.807, 2.05) is 31.1 Å². The molecule has 1 amide bonds. The number of amides is 1. The molecular formula is C18H19ClN2O4. The molecule has 0 aromatic heterocycles. The zero-order chi connectivity index (χ0) is 18.2. The second-order valence-corrected chi connectivity index (χ2v) is 5.83. The molecule has 0 aliphatic rings. The molecule has 0 aliphatic heterocycles. The van der Waals surface area contributed by atoms with E-state index in [2.05, 4.69) is 5.32 Å². The van der Waals surface area contributed by atoms with Crippen molar-refractivity contribution in [3.8, 4) is 5.75 Å². The van der Waals surface area contributed by atoms with Crippen molar-refractivity contribution in [2.24, 2.45) is 0 Å². The summed E-state index contributed by atoms with van der Waals surface area (Å²) in [6, 6.07) is 13.9. The van der Waals surface area contributed by atoms with Crippen LogP contribution in [0, 0.1) is 0 Å². The summed E-state index contributed by atoms with van der Waals surface area (Å²) in [5.74, 6) is -0.558. The van der Waals surface area contributed by atoms with E-state index >= 15 is 0 Å². The Morgan fingerprint density at radius 3 is 2.24 bits per heavy atom. The number of carbonyl (C=O) groups excluding carboxylic acids is 2. The Labute approximate surface area is 151 Å². The first-order valence-electron chi connectivity index (χ1n) is 7.55. The molecule has 0 unspecified atom stereocenters. The number of nitrogens with one attached hydrogen (secondary N) is 1. The largest absolute Gasteiger partial charge is 0.482 e. The lowest BCUT2D eigenvalue weighted by molar-refractivity contribution is -0.149. The van der Waals surface area contributed by atoms with E-state index in [9.17, 15) is 9.59 Å². The molecule has 0 bridgehead atoms. The molecule has 0 fully saturated rings. The first-order valence-corrected chi connectivity index (χ1v) is 7.93. The lowest BCUT2D eigenvalue weighted by Gasteiger charge is -2.13. The van der Waals surface area contributed by atoms with Gasteiger partial charge in [-0.25, -0.2) is 4.79 Å². The van der Waals surface area contributed by atoms with Gasteiger partial charge in [0, 0.05) is 30.5 Å². The van der Waals surface area contributed by atoms with Crippen LogP contribution in [0.5, 0.6) is 5.75 Å². The van der Waals surface area contributed by atoms with Crippen LogP contribution in [-0.2, 0) is 14.3 Å². The summed E-state index contributed by atoms with van der Waals surface area (Å²) in [5, 5.41) is 3.23. The molecule has 6 nitrogen and oxygen atoms in total. The molecule has 0 heterocycles. The second-order valence-electron chi connectivity index (χ2n) is 5.39. The van der Waals surface area contributed by atoms with Gasteiger partial charge in [-0.1, -0.05) is 11.6 Å². The molecule has 2 aromatic carbocycles. The van der Waals surface area contributed by atoms with Crippen molar-refractivity contribution in [1.82, 2.24) is 0 Å². The minimum Gasteiger partial charge on any atom is -0.482 e. The van der Waals surface area contributed by atoms with E-state index < -0.39 is 11.9 Å². The Morgan fingerprint density at radius 1 is 1.00 bits per heavy atom. The van der Waals surface area contributed by atoms with Gasteiger partial charge in [-0.2, -0.15) is 0 Å². The van der Waals surface area contributed by atoms with Crippen LogP contribution in [0.3, 0.4) is 0 Å². The normalized spacial score (nSPS) is 10.0. The lowest BCUT2D eigenvalue weighted by atomic mass is 10.2. The van der Waals surface area contributed by atoms with E-state index in [0.717, 1.165) is 5.69 Å². The number of ether oxygens (including phenoxy) is 2. The zero-order valence-corrected chi connectivity index (χ0v) is 14.7. The van der Waals surface area contributed by atoms with Crippen LogP contribution < -0.4 is 15.0 Å². The quantitative estimate of drug-likeness (QED) is 0.767. The molecule has 1 N–H and O–H groups in total. The number of halogens is 1. The van der Waals surface area contributed by atoms with Crippen LogP contribution in [0.25, 0.3) is 0 Å². The SMILES string of the molecule is CN(C)c1ccc(NC(=O)COC(=O)COc2ccc(Cl)cc2)cc1. The molecule has 0 aliphatic carbocycles. The summed E-state index contributed by atoms with van der Waals surface area (Å²) in [4.78, 5) is 25.3. The summed E-state index contributed by atoms with van der Waals surface area (Å²) in [6.07, 6.45) is 0. The fourth-order valence-electron chi connectivity index (χ4n) is 1.90. The van der Waals surface area contributed by atoms with Crippen LogP contribution in [-0.4, -0.2) is 39.2 Å². The number of hydrogen-bond acceptors (Lipinski definition) is 5. The van der Waals surface area contributed by atoms with E-state index in [0.29, 0.717) is 16.5 Å². The van der Waals surface area contributed by atoms with Crippen molar-refractivity contribution in [3.05, 3.63) is 53.6 Å². The van der Waals surface area contributed by atoms with Gasteiger partial charge in [0.15, 0.2) is 13.2 Å². The molecule has 132 valence electrons. The molecular weight excluding hydrogens is 344 g/mol. The molecule has 0 saturated carbocycles. The second kappa shape index (κ2) is 8.94. The topological polar surface area (TPSA) is 67.9 Å². The van der Waals surface area contributed by atoms with Gasteiger partial charge in [-0.15, -0.1) is 0 Å². The first-order chi connectivity index (χ1) is 11.9. The standard InChI is InChI=1S/C18H19ClN2O4/c1-21(2)15-7-5-14(6-8-15)20-17(22)11-25-18(23)12-24-16-9-3-13(19)4-10-16/h3-10H,11-12H2,1-2H3,(H,20,22). The fourth-order valence-corrected chi connectivity index (χ4v) is 2.03. The third-order valence-corrected chi connectivity index (χ3v) is 3.45. The molecule has 0 radical (unpaired) electrons. The van der Waals surface area contributed by atoms with E-state index in [1.165, 1.54) is 0 Å². The van der Waals surface area contributed by atoms with Crippen molar-refractivity contribution in [2.75, 3.05) is 37.5 Å². The lowest BCUT2D eigenvalue weighted by Crippen LogP contribution is -2.23. The van der Waals surface area contributed by atoms with Gasteiger partial charge in [0.05, 0.1) is 0 Å². The Kier molecular flexibility index (Phi) is 6.65. The molecule has 7 heteroatoms. The average molecular weight is 363 g/mol. The van der Waals surface area contributed by atoms with Gasteiger partial charge in [0.1, 0.15) is 5.75 Å². The number of nitrogens with zero attached hydrogens (tertiary/aromatic N) is 1. The van der Waals surface area contributed by atoms with Gasteiger partial charge in [-0.3, -0.25) is 4.79 Å². The third-order valence-electron chi connectivity index (χ3n) is 3.20. The Morgan fingerprint density at radius 2 is 1.64 bits per heavy atom. The molecule has 2 aromatic rings. The number of esters is 1. The van der Waals surface area contributed by atoms with E-state index in [1.54, 1.807) is 36.4 Å². The van der Waals surface area contributed by atoms with Gasteiger partial charge < -0.3 is 19.7 Å². The maximum Gasteiger partial charge on any atom is 0.344 e. The summed E-state index contributed by atoms with van der Waals surface area (Å²) in [5.41, 5.74) is 1.65. The third kappa shape index (κ3) is 6.35. The minimum atomic E-state index is -0.631. The van der Waals surface area contributed by atoms with Gasteiger partial charge in [0.25, 0.3) is 5.91 Å². The number of hydrogen-bond donors (Lipinski definition) is 1. The van der Waals surface area contributed by atoms with Crippen LogP contribution in [0.2, 0.25) is 5.02 Å². The maximum absolute atomic E-state index is 11.8. The highest BCUT2D eigenvalue weighted by molar-refractivity contribution is 6.30. The van der Waals surface area contributed by atoms with Crippen LogP contribution in [0.1, 0.15) is 0 Å². The highest BCUT2D eigenvalue weighted by atomic mass is 35.5. The zero-order valence-electron chi connectivity index (χ0n) is 14.0. The monoisotopic (exact) mass is 362 g/mol. The summed E-state index contributed by atoms with van der Waals surface area (Å²) < 4.78 is 10.1. The predicted molar refractivity (Wildman–Crippen MR) is 97.3 cm³/mol. The van der Waals surface area contributed by atoms with Gasteiger partial charge in [-0.05, 0) is 48.5 Å². The van der Waals surface area contributed by atoms with Crippen molar-refractivity contribution in [3.63, 3.8) is 0 Å². The highest BCUT2D eigenvalue weighted by Crippen LogP contribution is 2.16. The Hall–Kier alpha value is -2.73. The van der Waals surface area contributed by atoms with Crippen molar-refractivity contribution < 1.29 is 19.1 Å². The fraction of sp³-hybridized carbons (Fsp3) is 0.222. The summed E-state index contributed by atoms with van der Waals surface area (Å²) >= 11 is 5.76. The predicted octanol–water partition coefficient (Wildman–Crippen LogP) is 2.97. The molecule has 2 rings (SSSR count). The van der Waals surface area contributed by atoms with Crippen molar-refractivity contribution in [1.29, 1.82) is 0 Å². The molecule has 0 atom stereocenters. The number of benzene rings is 2. The molecule has 0 spiro atoms. The van der Waals surface area contributed by atoms with Crippen LogP contribution in [0.4, 0.5) is 11.4 Å². The number of carbonyl (C=O) groups is 2. The summed E-state index contributed by atoms with van der Waals surface area (Å²) in [6.45, 7) is -0.662. The van der Waals surface area contributed by atoms with E-state index in [-0.39, 0.29) is 13.2 Å². The maximum atomic E-state index is 11.8. The molecule has 25 heavy (non-hydrogen) atoms.